The Morgan fingerprint density at radius 3 is 2.60 bits per heavy atom. The van der Waals surface area contributed by atoms with Gasteiger partial charge < -0.3 is 10.1 Å². The van der Waals surface area contributed by atoms with Gasteiger partial charge in [-0.15, -0.1) is 13.2 Å². The lowest BCUT2D eigenvalue weighted by Gasteiger charge is -2.45. The van der Waals surface area contributed by atoms with Crippen molar-refractivity contribution in [1.82, 2.24) is 15.1 Å². The zero-order chi connectivity index (χ0) is 25.6. The molecular formula is C24H32F3N3O4S. The van der Waals surface area contributed by atoms with Crippen molar-refractivity contribution in [2.75, 3.05) is 11.5 Å². The van der Waals surface area contributed by atoms with Crippen LogP contribution in [0.3, 0.4) is 0 Å². The van der Waals surface area contributed by atoms with E-state index in [1.165, 1.54) is 18.2 Å². The third kappa shape index (κ3) is 5.95. The van der Waals surface area contributed by atoms with E-state index in [2.05, 4.69) is 10.1 Å². The highest BCUT2D eigenvalue weighted by Gasteiger charge is 2.38. The largest absolute Gasteiger partial charge is 0.573 e. The van der Waals surface area contributed by atoms with Crippen LogP contribution in [0.4, 0.5) is 13.2 Å². The first-order valence-electron chi connectivity index (χ1n) is 11.8. The van der Waals surface area contributed by atoms with Crippen LogP contribution in [0.2, 0.25) is 0 Å². The number of hydrogen-bond donors (Lipinski definition) is 3. The van der Waals surface area contributed by atoms with Gasteiger partial charge in [0.15, 0.2) is 0 Å². The van der Waals surface area contributed by atoms with Gasteiger partial charge in [-0.05, 0) is 58.6 Å². The molecule has 2 aromatic rings. The van der Waals surface area contributed by atoms with Crippen LogP contribution in [0, 0.1) is 5.92 Å². The molecule has 1 unspecified atom stereocenters. The summed E-state index contributed by atoms with van der Waals surface area (Å²) in [5.41, 5.74) is 2.56. The van der Waals surface area contributed by atoms with Gasteiger partial charge in [0, 0.05) is 52.2 Å². The summed E-state index contributed by atoms with van der Waals surface area (Å²) >= 11 is 0. The second-order valence-electron chi connectivity index (χ2n) is 10.1. The number of carbonyl (C=O) groups is 1. The highest BCUT2D eigenvalue weighted by molar-refractivity contribution is 8.24. The van der Waals surface area contributed by atoms with E-state index < -0.39 is 22.5 Å². The van der Waals surface area contributed by atoms with E-state index in [1.54, 1.807) is 6.07 Å². The van der Waals surface area contributed by atoms with Crippen molar-refractivity contribution in [3.8, 4) is 17.0 Å². The van der Waals surface area contributed by atoms with Crippen LogP contribution in [-0.4, -0.2) is 48.2 Å². The maximum absolute atomic E-state index is 13.2. The summed E-state index contributed by atoms with van der Waals surface area (Å²) in [6, 6.07) is 5.83. The summed E-state index contributed by atoms with van der Waals surface area (Å²) in [6.45, 7) is 5.90. The van der Waals surface area contributed by atoms with Crippen molar-refractivity contribution >= 4 is 16.5 Å². The van der Waals surface area contributed by atoms with Gasteiger partial charge in [0.25, 0.3) is 0 Å². The Morgan fingerprint density at radius 1 is 1.29 bits per heavy atom. The molecule has 11 heteroatoms. The van der Waals surface area contributed by atoms with Crippen molar-refractivity contribution < 1.29 is 31.8 Å². The minimum absolute atomic E-state index is 0.00925. The van der Waals surface area contributed by atoms with Gasteiger partial charge in [-0.1, -0.05) is 12.1 Å². The molecule has 7 nitrogen and oxygen atoms in total. The lowest BCUT2D eigenvalue weighted by Crippen LogP contribution is -2.52. The lowest BCUT2D eigenvalue weighted by atomic mass is 9.84. The van der Waals surface area contributed by atoms with Crippen molar-refractivity contribution in [2.24, 2.45) is 5.92 Å². The minimum atomic E-state index is -4.78. The first-order valence-corrected chi connectivity index (χ1v) is 13.7. The van der Waals surface area contributed by atoms with Crippen LogP contribution in [0.15, 0.2) is 24.3 Å². The number of carbonyl (C=O) groups excluding carboxylic acids is 1. The Balaban J connectivity index is 1.56. The van der Waals surface area contributed by atoms with Crippen molar-refractivity contribution in [2.45, 2.75) is 70.8 Å². The summed E-state index contributed by atoms with van der Waals surface area (Å²) in [6.07, 6.45) is -2.08. The van der Waals surface area contributed by atoms with E-state index in [0.29, 0.717) is 54.9 Å². The summed E-state index contributed by atoms with van der Waals surface area (Å²) in [5.74, 6) is -0.0368. The average Bonchev–Trinajstić information content (AvgIpc) is 3.14. The fraction of sp³-hybridized carbons (Fsp3) is 0.583. The molecule has 35 heavy (non-hydrogen) atoms. The second-order valence-corrected chi connectivity index (χ2v) is 12.5. The fourth-order valence-corrected chi connectivity index (χ4v) is 6.65. The zero-order valence-electron chi connectivity index (χ0n) is 20.1. The summed E-state index contributed by atoms with van der Waals surface area (Å²) < 4.78 is 63.9. The highest BCUT2D eigenvalue weighted by Crippen LogP contribution is 2.47. The molecule has 1 saturated heterocycles. The predicted molar refractivity (Wildman–Crippen MR) is 129 cm³/mol. The van der Waals surface area contributed by atoms with Crippen LogP contribution in [0.5, 0.6) is 5.75 Å². The second kappa shape index (κ2) is 9.33. The molecule has 1 atom stereocenters. The lowest BCUT2D eigenvalue weighted by molar-refractivity contribution is -0.274. The van der Waals surface area contributed by atoms with Crippen LogP contribution >= 0.6 is 10.6 Å². The van der Waals surface area contributed by atoms with E-state index in [4.69, 9.17) is 5.10 Å². The van der Waals surface area contributed by atoms with Crippen molar-refractivity contribution in [3.05, 3.63) is 35.5 Å². The molecule has 2 aliphatic rings. The van der Waals surface area contributed by atoms with Crippen LogP contribution in [-0.2, 0) is 17.6 Å². The van der Waals surface area contributed by atoms with Crippen molar-refractivity contribution in [1.29, 1.82) is 0 Å². The van der Waals surface area contributed by atoms with E-state index in [1.807, 2.05) is 25.5 Å². The third-order valence-electron chi connectivity index (χ3n) is 6.89. The number of alkyl halides is 3. The molecule has 194 valence electrons. The first-order chi connectivity index (χ1) is 16.3. The number of nitrogens with one attached hydrogen (secondary N) is 1. The molecule has 1 aliphatic carbocycles. The number of aromatic nitrogens is 2. The number of amides is 1. The molecule has 4 rings (SSSR count). The van der Waals surface area contributed by atoms with E-state index in [-0.39, 0.29) is 23.6 Å². The van der Waals surface area contributed by atoms with Gasteiger partial charge in [-0.3, -0.25) is 18.6 Å². The minimum Gasteiger partial charge on any atom is -0.406 e. The smallest absolute Gasteiger partial charge is 0.406 e. The molecular weight excluding hydrogens is 483 g/mol. The molecule has 0 saturated carbocycles. The summed E-state index contributed by atoms with van der Waals surface area (Å²) in [7, 11) is -2.54. The van der Waals surface area contributed by atoms with E-state index in [9.17, 15) is 27.1 Å². The van der Waals surface area contributed by atoms with Crippen molar-refractivity contribution in [3.63, 3.8) is 0 Å². The SMILES string of the molecule is CC(C)n1nc(-c2cccc(OC(F)(F)F)c2)c2c1CC(C(=O)NC1(C)CCS(O)(O)CC1)CC2. The first kappa shape index (κ1) is 25.8. The number of nitrogens with zero attached hydrogens (tertiary/aromatic N) is 2. The Labute approximate surface area is 204 Å². The van der Waals surface area contributed by atoms with E-state index >= 15 is 0 Å². The molecule has 3 N–H and O–H groups in total. The van der Waals surface area contributed by atoms with Gasteiger partial charge in [0.05, 0.1) is 5.69 Å². The predicted octanol–water partition coefficient (Wildman–Crippen LogP) is 5.55. The Kier molecular flexibility index (Phi) is 6.89. The van der Waals surface area contributed by atoms with Gasteiger partial charge in [-0.25, -0.2) is 0 Å². The molecule has 0 spiro atoms. The third-order valence-corrected chi connectivity index (χ3v) is 8.60. The Morgan fingerprint density at radius 2 is 1.97 bits per heavy atom. The molecule has 1 aliphatic heterocycles. The standard InChI is InChI=1S/C24H32F3N3O4S/c1-15(2)30-20-14-17(22(31)28-23(3)9-11-35(32,33)12-10-23)7-8-19(20)21(29-30)16-5-4-6-18(13-16)34-24(25,26)27/h4-6,13,15,17,32-33H,7-12,14H2,1-3H3,(H,28,31). The summed E-state index contributed by atoms with van der Waals surface area (Å²) in [5, 5.41) is 7.88. The Bertz CT molecular complexity index is 1090. The number of benzene rings is 1. The maximum Gasteiger partial charge on any atom is 0.573 e. The van der Waals surface area contributed by atoms with Gasteiger partial charge in [-0.2, -0.15) is 15.7 Å². The van der Waals surface area contributed by atoms with Gasteiger partial charge in [0.2, 0.25) is 5.91 Å². The zero-order valence-corrected chi connectivity index (χ0v) is 20.9. The number of rotatable bonds is 5. The number of hydrogen-bond acceptors (Lipinski definition) is 5. The summed E-state index contributed by atoms with van der Waals surface area (Å²) in [4.78, 5) is 13.2. The van der Waals surface area contributed by atoms with Gasteiger partial charge in [0.1, 0.15) is 5.75 Å². The molecule has 1 fully saturated rings. The molecule has 1 aromatic heterocycles. The Hall–Kier alpha value is -2.24. The monoisotopic (exact) mass is 515 g/mol. The number of halogens is 3. The molecule has 1 amide bonds. The molecule has 0 radical (unpaired) electrons. The molecule has 1 aromatic carbocycles. The number of fused-ring (bicyclic) bond motifs is 1. The number of ether oxygens (including phenoxy) is 1. The normalized spacial score (nSPS) is 22.4. The van der Waals surface area contributed by atoms with Crippen LogP contribution in [0.25, 0.3) is 11.3 Å². The fourth-order valence-electron chi connectivity index (χ4n) is 4.89. The molecule has 0 bridgehead atoms. The quantitative estimate of drug-likeness (QED) is 0.485. The van der Waals surface area contributed by atoms with Crippen LogP contribution < -0.4 is 10.1 Å². The average molecular weight is 516 g/mol. The van der Waals surface area contributed by atoms with E-state index in [0.717, 1.165) is 11.3 Å². The van der Waals surface area contributed by atoms with Crippen LogP contribution in [0.1, 0.15) is 57.3 Å². The van der Waals surface area contributed by atoms with Gasteiger partial charge >= 0.3 is 6.36 Å². The highest BCUT2D eigenvalue weighted by atomic mass is 32.3. The topological polar surface area (TPSA) is 96.6 Å². The molecule has 2 heterocycles. The maximum atomic E-state index is 13.2.